The molecule has 1 atom stereocenters. The fourth-order valence-corrected chi connectivity index (χ4v) is 3.61. The number of urea groups is 1. The van der Waals surface area contributed by atoms with Gasteiger partial charge in [-0.25, -0.2) is 4.79 Å². The molecule has 7 heteroatoms. The molecule has 0 aromatic carbocycles. The van der Waals surface area contributed by atoms with Crippen LogP contribution in [-0.2, 0) is 9.53 Å². The molecule has 7 nitrogen and oxygen atoms in total. The molecule has 3 fully saturated rings. The van der Waals surface area contributed by atoms with Gasteiger partial charge in [0.1, 0.15) is 0 Å². The summed E-state index contributed by atoms with van der Waals surface area (Å²) in [5, 5.41) is 0. The number of ether oxygens (including phenoxy) is 1. The Morgan fingerprint density at radius 2 is 1.35 bits per heavy atom. The third kappa shape index (κ3) is 3.77. The molecule has 3 aliphatic heterocycles. The van der Waals surface area contributed by atoms with Crippen molar-refractivity contribution in [1.29, 1.82) is 0 Å². The Kier molecular flexibility index (Phi) is 5.38. The van der Waals surface area contributed by atoms with Crippen molar-refractivity contribution >= 4 is 11.9 Å². The van der Waals surface area contributed by atoms with Gasteiger partial charge in [-0.1, -0.05) is 0 Å². The van der Waals surface area contributed by atoms with Crippen LogP contribution in [0.2, 0.25) is 0 Å². The summed E-state index contributed by atoms with van der Waals surface area (Å²) >= 11 is 0. The van der Waals surface area contributed by atoms with Crippen LogP contribution >= 0.6 is 0 Å². The van der Waals surface area contributed by atoms with Crippen LogP contribution in [0.15, 0.2) is 0 Å². The third-order valence-electron chi connectivity index (χ3n) is 5.19. The number of morpholine rings is 1. The number of hydrogen-bond acceptors (Lipinski definition) is 4. The van der Waals surface area contributed by atoms with Crippen LogP contribution in [0.5, 0.6) is 0 Å². The number of nitrogens with zero attached hydrogens (tertiary/aromatic N) is 4. The maximum Gasteiger partial charge on any atom is 0.320 e. The van der Waals surface area contributed by atoms with Crippen LogP contribution in [-0.4, -0.2) is 103 Å². The number of likely N-dealkylation sites (tertiary alicyclic amines) is 1. The SMILES string of the molecule is CC(C(=O)N1CCCC1)N1CCN(C(=O)N2CCOCC2)CC1. The molecule has 23 heavy (non-hydrogen) atoms. The van der Waals surface area contributed by atoms with Gasteiger partial charge in [-0.2, -0.15) is 0 Å². The van der Waals surface area contributed by atoms with Gasteiger partial charge in [0.25, 0.3) is 0 Å². The van der Waals surface area contributed by atoms with Crippen molar-refractivity contribution in [1.82, 2.24) is 19.6 Å². The maximum atomic E-state index is 12.5. The lowest BCUT2D eigenvalue weighted by molar-refractivity contribution is -0.135. The van der Waals surface area contributed by atoms with E-state index in [1.807, 2.05) is 21.6 Å². The fraction of sp³-hybridized carbons (Fsp3) is 0.875. The van der Waals surface area contributed by atoms with Gasteiger partial charge in [0.05, 0.1) is 19.3 Å². The summed E-state index contributed by atoms with van der Waals surface area (Å²) in [5.41, 5.74) is 0. The quantitative estimate of drug-likeness (QED) is 0.721. The lowest BCUT2D eigenvalue weighted by Gasteiger charge is -2.40. The van der Waals surface area contributed by atoms with E-state index >= 15 is 0 Å². The summed E-state index contributed by atoms with van der Waals surface area (Å²) in [6.07, 6.45) is 2.25. The van der Waals surface area contributed by atoms with Crippen molar-refractivity contribution in [2.24, 2.45) is 0 Å². The smallest absolute Gasteiger partial charge is 0.320 e. The maximum absolute atomic E-state index is 12.5. The summed E-state index contributed by atoms with van der Waals surface area (Å²) in [6.45, 7) is 9.39. The van der Waals surface area contributed by atoms with E-state index in [1.54, 1.807) is 0 Å². The molecule has 0 aromatic heterocycles. The first-order valence-corrected chi connectivity index (χ1v) is 8.81. The molecular formula is C16H28N4O3. The summed E-state index contributed by atoms with van der Waals surface area (Å²) in [4.78, 5) is 32.9. The number of hydrogen-bond donors (Lipinski definition) is 0. The third-order valence-corrected chi connectivity index (χ3v) is 5.19. The minimum Gasteiger partial charge on any atom is -0.378 e. The highest BCUT2D eigenvalue weighted by atomic mass is 16.5. The van der Waals surface area contributed by atoms with Crippen molar-refractivity contribution in [3.8, 4) is 0 Å². The Morgan fingerprint density at radius 1 is 0.783 bits per heavy atom. The zero-order valence-electron chi connectivity index (χ0n) is 14.1. The predicted octanol–water partition coefficient (Wildman–Crippen LogP) is 0.0671. The second kappa shape index (κ2) is 7.49. The van der Waals surface area contributed by atoms with E-state index < -0.39 is 0 Å². The molecule has 3 amide bonds. The van der Waals surface area contributed by atoms with Crippen LogP contribution in [0, 0.1) is 0 Å². The van der Waals surface area contributed by atoms with Crippen LogP contribution in [0.1, 0.15) is 19.8 Å². The van der Waals surface area contributed by atoms with Gasteiger partial charge in [-0.3, -0.25) is 9.69 Å². The van der Waals surface area contributed by atoms with Gasteiger partial charge >= 0.3 is 6.03 Å². The first kappa shape index (κ1) is 16.5. The molecule has 1 unspecified atom stereocenters. The Balaban J connectivity index is 1.47. The van der Waals surface area contributed by atoms with E-state index in [4.69, 9.17) is 4.74 Å². The zero-order chi connectivity index (χ0) is 16.2. The minimum atomic E-state index is -0.0752. The molecule has 130 valence electrons. The Bertz CT molecular complexity index is 425. The Morgan fingerprint density at radius 3 is 1.96 bits per heavy atom. The number of piperazine rings is 1. The molecule has 0 radical (unpaired) electrons. The lowest BCUT2D eigenvalue weighted by atomic mass is 10.2. The van der Waals surface area contributed by atoms with Crippen LogP contribution in [0.25, 0.3) is 0 Å². The van der Waals surface area contributed by atoms with Gasteiger partial charge in [0, 0.05) is 52.4 Å². The van der Waals surface area contributed by atoms with Crippen molar-refractivity contribution in [3.63, 3.8) is 0 Å². The van der Waals surface area contributed by atoms with Gasteiger partial charge < -0.3 is 19.4 Å². The van der Waals surface area contributed by atoms with Crippen molar-refractivity contribution < 1.29 is 14.3 Å². The van der Waals surface area contributed by atoms with E-state index in [0.717, 1.165) is 39.0 Å². The Hall–Kier alpha value is -1.34. The van der Waals surface area contributed by atoms with E-state index in [9.17, 15) is 9.59 Å². The minimum absolute atomic E-state index is 0.0752. The first-order valence-electron chi connectivity index (χ1n) is 8.81. The standard InChI is InChI=1S/C16H28N4O3/c1-14(15(21)18-4-2-3-5-18)17-6-8-19(9-7-17)16(22)20-10-12-23-13-11-20/h14H,2-13H2,1H3. The molecule has 3 saturated heterocycles. The summed E-state index contributed by atoms with van der Waals surface area (Å²) in [5.74, 6) is 0.246. The van der Waals surface area contributed by atoms with Crippen molar-refractivity contribution in [2.75, 3.05) is 65.6 Å². The molecule has 3 heterocycles. The first-order chi connectivity index (χ1) is 11.2. The Labute approximate surface area is 138 Å². The number of carbonyl (C=O) groups excluding carboxylic acids is 2. The average molecular weight is 324 g/mol. The number of carbonyl (C=O) groups is 2. The monoisotopic (exact) mass is 324 g/mol. The molecule has 0 N–H and O–H groups in total. The second-order valence-electron chi connectivity index (χ2n) is 6.61. The predicted molar refractivity (Wildman–Crippen MR) is 86.2 cm³/mol. The molecule has 0 spiro atoms. The highest BCUT2D eigenvalue weighted by Crippen LogP contribution is 2.15. The number of amides is 3. The highest BCUT2D eigenvalue weighted by Gasteiger charge is 2.32. The summed E-state index contributed by atoms with van der Waals surface area (Å²) < 4.78 is 5.30. The van der Waals surface area contributed by atoms with Crippen molar-refractivity contribution in [2.45, 2.75) is 25.8 Å². The van der Waals surface area contributed by atoms with Crippen molar-refractivity contribution in [3.05, 3.63) is 0 Å². The normalized spacial score (nSPS) is 24.8. The van der Waals surface area contributed by atoms with Gasteiger partial charge in [0.2, 0.25) is 5.91 Å². The molecule has 0 aliphatic carbocycles. The fourth-order valence-electron chi connectivity index (χ4n) is 3.61. The van der Waals surface area contributed by atoms with E-state index in [0.29, 0.717) is 39.4 Å². The van der Waals surface area contributed by atoms with Crippen LogP contribution < -0.4 is 0 Å². The largest absolute Gasteiger partial charge is 0.378 e. The van der Waals surface area contributed by atoms with Crippen LogP contribution in [0.3, 0.4) is 0 Å². The zero-order valence-corrected chi connectivity index (χ0v) is 14.1. The molecule has 0 aromatic rings. The topological polar surface area (TPSA) is 56.3 Å². The lowest BCUT2D eigenvalue weighted by Crippen LogP contribution is -2.58. The molecular weight excluding hydrogens is 296 g/mol. The second-order valence-corrected chi connectivity index (χ2v) is 6.61. The summed E-state index contributed by atoms with van der Waals surface area (Å²) in [6, 6.07) is 0.0419. The van der Waals surface area contributed by atoms with E-state index in [2.05, 4.69) is 4.90 Å². The highest BCUT2D eigenvalue weighted by molar-refractivity contribution is 5.81. The average Bonchev–Trinajstić information content (AvgIpc) is 3.15. The molecule has 3 aliphatic rings. The molecule has 0 saturated carbocycles. The molecule has 3 rings (SSSR count). The number of rotatable bonds is 2. The molecule has 0 bridgehead atoms. The summed E-state index contributed by atoms with van der Waals surface area (Å²) in [7, 11) is 0. The van der Waals surface area contributed by atoms with Gasteiger partial charge in [-0.15, -0.1) is 0 Å². The van der Waals surface area contributed by atoms with Gasteiger partial charge in [0.15, 0.2) is 0 Å². The van der Waals surface area contributed by atoms with E-state index in [-0.39, 0.29) is 18.0 Å². The van der Waals surface area contributed by atoms with E-state index in [1.165, 1.54) is 0 Å². The van der Waals surface area contributed by atoms with Gasteiger partial charge in [-0.05, 0) is 19.8 Å². The van der Waals surface area contributed by atoms with Crippen LogP contribution in [0.4, 0.5) is 4.79 Å².